The van der Waals surface area contributed by atoms with Gasteiger partial charge in [0, 0.05) is 48.2 Å². The first-order valence-electron chi connectivity index (χ1n) is 20.5. The fraction of sp³-hybridized carbons (Fsp3) is 0.636. The van der Waals surface area contributed by atoms with Gasteiger partial charge in [-0.05, 0) is 111 Å². The van der Waals surface area contributed by atoms with E-state index in [1.807, 2.05) is 64.6 Å². The maximum absolute atomic E-state index is 13.7. The minimum absolute atomic E-state index is 0. The van der Waals surface area contributed by atoms with Gasteiger partial charge in [0.25, 0.3) is 0 Å². The molecule has 0 saturated carbocycles. The molecule has 1 N–H and O–H groups in total. The average Bonchev–Trinajstić information content (AvgIpc) is 3.99. The molecule has 61 heavy (non-hydrogen) atoms. The SMILES string of the molecule is C.C.CC(C)(C)OC(=O)N1CC[C@H](O)C1.CC(C)(C)OC(=O)N1CC[C@H](Oc2cc(Br)cc3c2cnn3C2CCCCO2)C1.Fc1cc(Br)cc2c1cnn2C1CCCCO1. The van der Waals surface area contributed by atoms with Gasteiger partial charge in [-0.2, -0.15) is 10.2 Å². The van der Waals surface area contributed by atoms with Crippen molar-refractivity contribution in [2.24, 2.45) is 0 Å². The number of carbonyl (C=O) groups excluding carboxylic acids is 2. The Morgan fingerprint density at radius 2 is 1.21 bits per heavy atom. The van der Waals surface area contributed by atoms with Crippen molar-refractivity contribution in [1.82, 2.24) is 29.4 Å². The normalized spacial score (nSPS) is 21.7. The smallest absolute Gasteiger partial charge is 0.410 e. The van der Waals surface area contributed by atoms with E-state index in [1.54, 1.807) is 15.8 Å². The van der Waals surface area contributed by atoms with Gasteiger partial charge in [-0.25, -0.2) is 23.3 Å². The summed E-state index contributed by atoms with van der Waals surface area (Å²) < 4.78 is 47.6. The first-order chi connectivity index (χ1) is 27.9. The van der Waals surface area contributed by atoms with Crippen LogP contribution in [0, 0.1) is 5.82 Å². The largest absolute Gasteiger partial charge is 0.488 e. The van der Waals surface area contributed by atoms with Crippen LogP contribution in [0.3, 0.4) is 0 Å². The number of aliphatic hydroxyl groups excluding tert-OH is 1. The van der Waals surface area contributed by atoms with E-state index in [0.29, 0.717) is 38.0 Å². The van der Waals surface area contributed by atoms with E-state index in [9.17, 15) is 19.1 Å². The number of likely N-dealkylation sites (tertiary alicyclic amines) is 2. The Morgan fingerprint density at radius 3 is 1.70 bits per heavy atom. The number of aliphatic hydroxyl groups is 1. The number of β-amino-alcohol motifs (C(OH)–C–C–N with tert-alkyl or cyclic N) is 1. The van der Waals surface area contributed by atoms with Gasteiger partial charge in [0.15, 0.2) is 12.5 Å². The molecule has 2 aromatic heterocycles. The quantitative estimate of drug-likeness (QED) is 0.210. The lowest BCUT2D eigenvalue weighted by molar-refractivity contribution is -0.0367. The number of aromatic nitrogens is 4. The van der Waals surface area contributed by atoms with Crippen LogP contribution < -0.4 is 4.74 Å². The molecule has 4 fully saturated rings. The Kier molecular flexibility index (Phi) is 17.9. The highest BCUT2D eigenvalue weighted by Crippen LogP contribution is 2.35. The van der Waals surface area contributed by atoms with Crippen molar-refractivity contribution in [1.29, 1.82) is 0 Å². The predicted molar refractivity (Wildman–Crippen MR) is 241 cm³/mol. The molecule has 2 aromatic carbocycles. The maximum Gasteiger partial charge on any atom is 0.410 e. The zero-order chi connectivity index (χ0) is 42.5. The van der Waals surface area contributed by atoms with Crippen molar-refractivity contribution in [3.63, 3.8) is 0 Å². The summed E-state index contributed by atoms with van der Waals surface area (Å²) in [5.74, 6) is 0.518. The molecule has 2 amide bonds. The second-order valence-electron chi connectivity index (χ2n) is 17.3. The van der Waals surface area contributed by atoms with E-state index in [1.165, 1.54) is 11.0 Å². The number of rotatable bonds is 4. The Hall–Kier alpha value is -3.51. The summed E-state index contributed by atoms with van der Waals surface area (Å²) in [6, 6.07) is 7.35. The number of ether oxygens (including phenoxy) is 5. The number of carbonyl (C=O) groups is 2. The third kappa shape index (κ3) is 13.7. The lowest BCUT2D eigenvalue weighted by Gasteiger charge is -2.24. The summed E-state index contributed by atoms with van der Waals surface area (Å²) in [4.78, 5) is 27.0. The van der Waals surface area contributed by atoms with Crippen LogP contribution in [-0.4, -0.2) is 109 Å². The minimum atomic E-state index is -0.498. The highest BCUT2D eigenvalue weighted by Gasteiger charge is 2.32. The van der Waals surface area contributed by atoms with Crippen molar-refractivity contribution >= 4 is 65.9 Å². The van der Waals surface area contributed by atoms with Gasteiger partial charge in [-0.1, -0.05) is 46.7 Å². The highest BCUT2D eigenvalue weighted by molar-refractivity contribution is 9.10. The van der Waals surface area contributed by atoms with E-state index in [2.05, 4.69) is 48.1 Å². The van der Waals surface area contributed by atoms with E-state index >= 15 is 0 Å². The number of amides is 2. The van der Waals surface area contributed by atoms with Gasteiger partial charge in [-0.15, -0.1) is 0 Å². The van der Waals surface area contributed by atoms with Gasteiger partial charge in [0.05, 0.1) is 46.8 Å². The van der Waals surface area contributed by atoms with Gasteiger partial charge in [0.1, 0.15) is 28.9 Å². The topological polar surface area (TPSA) is 143 Å². The van der Waals surface area contributed by atoms with Crippen molar-refractivity contribution in [2.75, 3.05) is 39.4 Å². The third-order valence-corrected chi connectivity index (χ3v) is 11.0. The first kappa shape index (κ1) is 50.1. The highest BCUT2D eigenvalue weighted by atomic mass is 79.9. The molecular weight excluding hydrogens is 919 g/mol. The number of halogens is 3. The monoisotopic (exact) mass is 982 g/mol. The van der Waals surface area contributed by atoms with E-state index < -0.39 is 11.2 Å². The Labute approximate surface area is 376 Å². The zero-order valence-electron chi connectivity index (χ0n) is 34.8. The predicted octanol–water partition coefficient (Wildman–Crippen LogP) is 10.8. The molecule has 4 aliphatic rings. The van der Waals surface area contributed by atoms with Gasteiger partial charge in [-0.3, -0.25) is 0 Å². The lowest BCUT2D eigenvalue weighted by Crippen LogP contribution is -2.36. The van der Waals surface area contributed by atoms with Crippen molar-refractivity contribution in [2.45, 2.75) is 144 Å². The number of hydrogen-bond acceptors (Lipinski definition) is 10. The Balaban J connectivity index is 0.000000218. The van der Waals surface area contributed by atoms with Crippen LogP contribution in [0.4, 0.5) is 14.0 Å². The molecule has 4 saturated heterocycles. The van der Waals surface area contributed by atoms with Crippen LogP contribution >= 0.6 is 31.9 Å². The van der Waals surface area contributed by atoms with Crippen molar-refractivity contribution in [3.05, 3.63) is 51.4 Å². The maximum atomic E-state index is 13.7. The van der Waals surface area contributed by atoms with Crippen molar-refractivity contribution < 1.29 is 42.8 Å². The fourth-order valence-electron chi connectivity index (χ4n) is 7.27. The van der Waals surface area contributed by atoms with Crippen LogP contribution in [0.25, 0.3) is 21.8 Å². The summed E-state index contributed by atoms with van der Waals surface area (Å²) in [6.45, 7) is 14.8. The Bertz CT molecular complexity index is 2050. The summed E-state index contributed by atoms with van der Waals surface area (Å²) in [7, 11) is 0. The molecule has 6 heterocycles. The van der Waals surface area contributed by atoms with Crippen LogP contribution in [0.1, 0.15) is 120 Å². The zero-order valence-corrected chi connectivity index (χ0v) is 38.0. The molecule has 4 aliphatic heterocycles. The van der Waals surface area contributed by atoms with Gasteiger partial charge < -0.3 is 38.6 Å². The number of hydrogen-bond donors (Lipinski definition) is 1. The minimum Gasteiger partial charge on any atom is -0.488 e. The molecule has 8 rings (SSSR count). The standard InChI is InChI=1S/C21H28BrN3O4.C12H12BrFN2O.C9H17NO3.2CH4/c1-21(2,3)29-20(26)24-8-7-15(13-24)28-18-11-14(22)10-17-16(18)12-23-25(17)19-6-4-5-9-27-19;13-8-5-10(14)9-7-15-16(11(9)6-8)12-3-1-2-4-17-12;1-9(2,3)13-8(12)10-5-4-7(11)6-10;;/h10-12,15,19H,4-9,13H2,1-3H3;5-7,12H,1-4H2;7,11H,4-6H2,1-3H3;2*1H4/t15-,19?;;7-;;/m0.0../s1. The molecule has 4 atom stereocenters. The van der Waals surface area contributed by atoms with Crippen LogP contribution in [0.5, 0.6) is 5.75 Å². The van der Waals surface area contributed by atoms with Gasteiger partial charge >= 0.3 is 12.2 Å². The average molecular weight is 985 g/mol. The molecule has 14 nitrogen and oxygen atoms in total. The molecule has 4 aromatic rings. The van der Waals surface area contributed by atoms with Gasteiger partial charge in [0.2, 0.25) is 0 Å². The fourth-order valence-corrected chi connectivity index (χ4v) is 8.11. The second-order valence-corrected chi connectivity index (χ2v) is 19.1. The summed E-state index contributed by atoms with van der Waals surface area (Å²) in [5, 5.41) is 19.5. The molecule has 0 bridgehead atoms. The summed E-state index contributed by atoms with van der Waals surface area (Å²) in [6.07, 6.45) is 10.0. The van der Waals surface area contributed by atoms with Crippen molar-refractivity contribution in [3.8, 4) is 5.75 Å². The van der Waals surface area contributed by atoms with E-state index in [-0.39, 0.29) is 57.5 Å². The lowest BCUT2D eigenvalue weighted by atomic mass is 10.2. The summed E-state index contributed by atoms with van der Waals surface area (Å²) in [5.41, 5.74) is 0.819. The van der Waals surface area contributed by atoms with E-state index in [4.69, 9.17) is 23.7 Å². The molecule has 340 valence electrons. The molecule has 0 aliphatic carbocycles. The van der Waals surface area contributed by atoms with E-state index in [0.717, 1.165) is 89.3 Å². The number of benzene rings is 2. The number of nitrogens with zero attached hydrogens (tertiary/aromatic N) is 6. The molecule has 0 radical (unpaired) electrons. The third-order valence-electron chi connectivity index (χ3n) is 10.0. The van der Waals surface area contributed by atoms with Crippen LogP contribution in [0.2, 0.25) is 0 Å². The molecule has 17 heteroatoms. The molecule has 2 unspecified atom stereocenters. The Morgan fingerprint density at radius 1 is 0.721 bits per heavy atom. The van der Waals surface area contributed by atoms with Crippen LogP contribution in [0.15, 0.2) is 45.6 Å². The number of fused-ring (bicyclic) bond motifs is 2. The summed E-state index contributed by atoms with van der Waals surface area (Å²) >= 11 is 6.90. The molecule has 0 spiro atoms. The second kappa shape index (κ2) is 21.7. The molecular formula is C44H65Br2FN6O8. The first-order valence-corrected chi connectivity index (χ1v) is 22.1. The van der Waals surface area contributed by atoms with Crippen LogP contribution in [-0.2, 0) is 18.9 Å².